The average Bonchev–Trinajstić information content (AvgIpc) is 2.69. The van der Waals surface area contributed by atoms with Gasteiger partial charge in [-0.15, -0.1) is 0 Å². The van der Waals surface area contributed by atoms with E-state index in [1.165, 1.54) is 0 Å². The Morgan fingerprint density at radius 1 is 1.33 bits per heavy atom. The van der Waals surface area contributed by atoms with Crippen molar-refractivity contribution in [3.63, 3.8) is 0 Å². The lowest BCUT2D eigenvalue weighted by atomic mass is 10.00. The van der Waals surface area contributed by atoms with E-state index in [9.17, 15) is 5.11 Å². The van der Waals surface area contributed by atoms with E-state index in [2.05, 4.69) is 4.98 Å². The van der Waals surface area contributed by atoms with Crippen LogP contribution in [0.2, 0.25) is 5.02 Å². The second-order valence-electron chi connectivity index (χ2n) is 3.55. The summed E-state index contributed by atoms with van der Waals surface area (Å²) in [6.45, 7) is 1.94. The van der Waals surface area contributed by atoms with Crippen LogP contribution in [0.3, 0.4) is 0 Å². The fourth-order valence-electron chi connectivity index (χ4n) is 1.63. The van der Waals surface area contributed by atoms with Gasteiger partial charge in [0, 0.05) is 23.0 Å². The van der Waals surface area contributed by atoms with E-state index in [-0.39, 0.29) is 0 Å². The van der Waals surface area contributed by atoms with Gasteiger partial charge in [-0.3, -0.25) is 0 Å². The van der Waals surface area contributed by atoms with Crippen LogP contribution in [0.1, 0.15) is 22.8 Å². The highest BCUT2D eigenvalue weighted by Crippen LogP contribution is 2.26. The summed E-state index contributed by atoms with van der Waals surface area (Å²) in [6, 6.07) is 7.36. The first-order chi connectivity index (χ1) is 7.18. The van der Waals surface area contributed by atoms with E-state index in [4.69, 9.17) is 11.6 Å². The fraction of sp³-hybridized carbons (Fsp3) is 0.167. The quantitative estimate of drug-likeness (QED) is 0.804. The Labute approximate surface area is 93.5 Å². The van der Waals surface area contributed by atoms with Crippen molar-refractivity contribution in [1.82, 2.24) is 4.98 Å². The van der Waals surface area contributed by atoms with Gasteiger partial charge in [-0.2, -0.15) is 0 Å². The number of rotatable bonds is 2. The molecule has 1 aromatic carbocycles. The summed E-state index contributed by atoms with van der Waals surface area (Å²) in [5.41, 5.74) is 2.75. The number of hydrogen-bond donors (Lipinski definition) is 2. The summed E-state index contributed by atoms with van der Waals surface area (Å²) in [6.07, 6.45) is 3.00. The van der Waals surface area contributed by atoms with Gasteiger partial charge in [0.25, 0.3) is 0 Å². The summed E-state index contributed by atoms with van der Waals surface area (Å²) in [7, 11) is 0. The van der Waals surface area contributed by atoms with Crippen molar-refractivity contribution in [2.24, 2.45) is 0 Å². The van der Waals surface area contributed by atoms with E-state index in [0.29, 0.717) is 5.02 Å². The molecule has 2 nitrogen and oxygen atoms in total. The Kier molecular flexibility index (Phi) is 2.80. The van der Waals surface area contributed by atoms with Crippen molar-refractivity contribution < 1.29 is 5.11 Å². The van der Waals surface area contributed by atoms with Crippen LogP contribution < -0.4 is 0 Å². The number of hydrogen-bond acceptors (Lipinski definition) is 1. The molecule has 1 heterocycles. The summed E-state index contributed by atoms with van der Waals surface area (Å²) < 4.78 is 0. The molecule has 0 saturated carbocycles. The number of H-pyrrole nitrogens is 1. The van der Waals surface area contributed by atoms with Crippen LogP contribution in [0.5, 0.6) is 0 Å². The zero-order chi connectivity index (χ0) is 10.8. The van der Waals surface area contributed by atoms with Gasteiger partial charge in [-0.05, 0) is 36.2 Å². The smallest absolute Gasteiger partial charge is 0.106 e. The maximum absolute atomic E-state index is 10.1. The maximum Gasteiger partial charge on any atom is 0.106 e. The first kappa shape index (κ1) is 10.3. The van der Waals surface area contributed by atoms with Crippen LogP contribution in [0.25, 0.3) is 0 Å². The lowest BCUT2D eigenvalue weighted by molar-refractivity contribution is 0.220. The molecular formula is C12H12ClNO. The van der Waals surface area contributed by atoms with E-state index < -0.39 is 6.10 Å². The summed E-state index contributed by atoms with van der Waals surface area (Å²) >= 11 is 5.86. The standard InChI is InChI=1S/C12H12ClNO/c1-8-6-10(13)2-3-11(8)12(15)9-4-5-14-7-9/h2-7,12,14-15H,1H3. The lowest BCUT2D eigenvalue weighted by Gasteiger charge is -2.12. The highest BCUT2D eigenvalue weighted by atomic mass is 35.5. The summed E-state index contributed by atoms with van der Waals surface area (Å²) in [5.74, 6) is 0. The maximum atomic E-state index is 10.1. The van der Waals surface area contributed by atoms with Gasteiger partial charge in [0.15, 0.2) is 0 Å². The van der Waals surface area contributed by atoms with Gasteiger partial charge in [0.1, 0.15) is 6.10 Å². The topological polar surface area (TPSA) is 36.0 Å². The third kappa shape index (κ3) is 2.06. The second-order valence-corrected chi connectivity index (χ2v) is 3.98. The number of aliphatic hydroxyl groups excluding tert-OH is 1. The second kappa shape index (κ2) is 4.09. The zero-order valence-corrected chi connectivity index (χ0v) is 9.12. The fourth-order valence-corrected chi connectivity index (χ4v) is 1.86. The molecule has 0 aliphatic carbocycles. The summed E-state index contributed by atoms with van der Waals surface area (Å²) in [5, 5.41) is 10.8. The molecule has 0 spiro atoms. The van der Waals surface area contributed by atoms with Crippen molar-refractivity contribution in [3.05, 3.63) is 58.4 Å². The molecule has 2 rings (SSSR count). The molecule has 15 heavy (non-hydrogen) atoms. The highest BCUT2D eigenvalue weighted by molar-refractivity contribution is 6.30. The molecule has 2 aromatic rings. The predicted octanol–water partition coefficient (Wildman–Crippen LogP) is 3.06. The van der Waals surface area contributed by atoms with Crippen LogP contribution >= 0.6 is 11.6 Å². The number of nitrogens with one attached hydrogen (secondary N) is 1. The monoisotopic (exact) mass is 221 g/mol. The molecule has 0 amide bonds. The average molecular weight is 222 g/mol. The van der Waals surface area contributed by atoms with Gasteiger partial charge >= 0.3 is 0 Å². The molecule has 3 heteroatoms. The van der Waals surface area contributed by atoms with Crippen molar-refractivity contribution in [1.29, 1.82) is 0 Å². The Hall–Kier alpha value is -1.25. The summed E-state index contributed by atoms with van der Waals surface area (Å²) in [4.78, 5) is 2.93. The number of halogens is 1. The number of benzene rings is 1. The van der Waals surface area contributed by atoms with Gasteiger partial charge in [0.2, 0.25) is 0 Å². The molecule has 0 fully saturated rings. The number of aromatic nitrogens is 1. The van der Waals surface area contributed by atoms with Crippen LogP contribution in [0.15, 0.2) is 36.7 Å². The largest absolute Gasteiger partial charge is 0.384 e. The van der Waals surface area contributed by atoms with E-state index in [0.717, 1.165) is 16.7 Å². The number of aliphatic hydroxyl groups is 1. The minimum atomic E-state index is -0.589. The Morgan fingerprint density at radius 3 is 2.73 bits per heavy atom. The lowest BCUT2D eigenvalue weighted by Crippen LogP contribution is -2.00. The number of aryl methyl sites for hydroxylation is 1. The van der Waals surface area contributed by atoms with Crippen molar-refractivity contribution in [3.8, 4) is 0 Å². The molecule has 0 aliphatic heterocycles. The van der Waals surface area contributed by atoms with Gasteiger partial charge < -0.3 is 10.1 Å². The third-order valence-electron chi connectivity index (χ3n) is 2.46. The van der Waals surface area contributed by atoms with Crippen LogP contribution in [-0.4, -0.2) is 10.1 Å². The van der Waals surface area contributed by atoms with E-state index in [1.54, 1.807) is 18.5 Å². The Balaban J connectivity index is 2.38. The highest BCUT2D eigenvalue weighted by Gasteiger charge is 2.12. The first-order valence-electron chi connectivity index (χ1n) is 4.75. The van der Waals surface area contributed by atoms with Crippen LogP contribution in [0, 0.1) is 6.92 Å². The molecule has 1 unspecified atom stereocenters. The SMILES string of the molecule is Cc1cc(Cl)ccc1C(O)c1cc[nH]c1. The van der Waals surface area contributed by atoms with Crippen LogP contribution in [0.4, 0.5) is 0 Å². The predicted molar refractivity (Wildman–Crippen MR) is 61.0 cm³/mol. The molecule has 78 valence electrons. The molecule has 0 bridgehead atoms. The van der Waals surface area contributed by atoms with Crippen molar-refractivity contribution >= 4 is 11.6 Å². The van der Waals surface area contributed by atoms with E-state index in [1.807, 2.05) is 25.1 Å². The van der Waals surface area contributed by atoms with Gasteiger partial charge in [0.05, 0.1) is 0 Å². The molecule has 0 saturated heterocycles. The Morgan fingerprint density at radius 2 is 2.13 bits per heavy atom. The molecule has 1 atom stereocenters. The Bertz CT molecular complexity index is 451. The molecule has 0 aliphatic rings. The molecular weight excluding hydrogens is 210 g/mol. The van der Waals surface area contributed by atoms with Gasteiger partial charge in [-0.25, -0.2) is 0 Å². The van der Waals surface area contributed by atoms with Crippen molar-refractivity contribution in [2.45, 2.75) is 13.0 Å². The van der Waals surface area contributed by atoms with E-state index >= 15 is 0 Å². The molecule has 2 N–H and O–H groups in total. The third-order valence-corrected chi connectivity index (χ3v) is 2.70. The minimum Gasteiger partial charge on any atom is -0.384 e. The minimum absolute atomic E-state index is 0.589. The zero-order valence-electron chi connectivity index (χ0n) is 8.37. The van der Waals surface area contributed by atoms with Gasteiger partial charge in [-0.1, -0.05) is 17.7 Å². The number of aromatic amines is 1. The molecule has 1 aromatic heterocycles. The van der Waals surface area contributed by atoms with Crippen molar-refractivity contribution in [2.75, 3.05) is 0 Å². The molecule has 0 radical (unpaired) electrons. The normalized spacial score (nSPS) is 12.7. The van der Waals surface area contributed by atoms with Crippen LogP contribution in [-0.2, 0) is 0 Å². The first-order valence-corrected chi connectivity index (χ1v) is 5.13.